The van der Waals surface area contributed by atoms with Crippen LogP contribution in [0.4, 0.5) is 35.9 Å². The van der Waals surface area contributed by atoms with Crippen molar-refractivity contribution >= 4 is 28.7 Å². The molecule has 15 heteroatoms. The Morgan fingerprint density at radius 3 is 2.02 bits per heavy atom. The molecular formula is C30H38F3N5O7. The normalized spacial score (nSPS) is 19.3. The Morgan fingerprint density at radius 2 is 1.47 bits per heavy atom. The van der Waals surface area contributed by atoms with Crippen LogP contribution in [0.5, 0.6) is 5.75 Å². The highest BCUT2D eigenvalue weighted by molar-refractivity contribution is 5.77. The van der Waals surface area contributed by atoms with Crippen molar-refractivity contribution in [3.8, 4) is 5.75 Å². The lowest BCUT2D eigenvalue weighted by Gasteiger charge is -2.34. The van der Waals surface area contributed by atoms with Crippen LogP contribution in [0, 0.1) is 26.1 Å². The van der Waals surface area contributed by atoms with Crippen molar-refractivity contribution in [1.29, 1.82) is 0 Å². The van der Waals surface area contributed by atoms with Gasteiger partial charge in [-0.2, -0.15) is 13.2 Å². The number of nitro groups is 2. The minimum absolute atomic E-state index is 0.0585. The number of amides is 1. The number of benzene rings is 2. The minimum atomic E-state index is -4.84. The lowest BCUT2D eigenvalue weighted by atomic mass is 9.92. The van der Waals surface area contributed by atoms with Gasteiger partial charge >= 0.3 is 11.9 Å². The Bertz CT molecular complexity index is 1360. The number of nitrogens with one attached hydrogen (secondary N) is 2. The summed E-state index contributed by atoms with van der Waals surface area (Å²) in [7, 11) is 0. The third-order valence-corrected chi connectivity index (χ3v) is 7.93. The van der Waals surface area contributed by atoms with Gasteiger partial charge in [0, 0.05) is 54.7 Å². The Morgan fingerprint density at radius 1 is 0.911 bits per heavy atom. The minimum Gasteiger partial charge on any atom is -0.486 e. The van der Waals surface area contributed by atoms with E-state index in [1.807, 2.05) is 13.8 Å². The number of likely N-dealkylation sites (tertiary alicyclic amines) is 1. The molecule has 0 radical (unpaired) electrons. The first-order chi connectivity index (χ1) is 21.3. The Hall–Kier alpha value is -4.14. The molecule has 1 aliphatic heterocycles. The van der Waals surface area contributed by atoms with E-state index in [-0.39, 0.29) is 53.7 Å². The lowest BCUT2D eigenvalue weighted by Crippen LogP contribution is -2.44. The molecule has 0 atom stereocenters. The molecule has 4 rings (SSSR count). The van der Waals surface area contributed by atoms with Crippen molar-refractivity contribution in [1.82, 2.24) is 4.90 Å². The van der Waals surface area contributed by atoms with E-state index in [9.17, 15) is 38.2 Å². The van der Waals surface area contributed by atoms with E-state index in [1.54, 1.807) is 17.0 Å². The first-order valence-electron chi connectivity index (χ1n) is 15.0. The number of carbonyl (C=O) groups excluding carboxylic acids is 1. The Balaban J connectivity index is 1.19. The second kappa shape index (κ2) is 14.8. The Kier molecular flexibility index (Phi) is 11.1. The number of anilines is 2. The highest BCUT2D eigenvalue weighted by atomic mass is 19.4. The second-order valence-corrected chi connectivity index (χ2v) is 11.9. The number of alkyl halides is 3. The van der Waals surface area contributed by atoms with Crippen molar-refractivity contribution in [2.24, 2.45) is 5.92 Å². The molecule has 2 N–H and O–H groups in total. The molecule has 0 bridgehead atoms. The molecule has 1 aliphatic carbocycles. The van der Waals surface area contributed by atoms with E-state index in [4.69, 9.17) is 9.47 Å². The molecule has 2 fully saturated rings. The number of rotatable bonds is 12. The van der Waals surface area contributed by atoms with E-state index >= 15 is 0 Å². The summed E-state index contributed by atoms with van der Waals surface area (Å²) in [5, 5.41) is 28.8. The predicted octanol–water partition coefficient (Wildman–Crippen LogP) is 6.40. The van der Waals surface area contributed by atoms with Crippen LogP contribution in [0.25, 0.3) is 0 Å². The molecule has 12 nitrogen and oxygen atoms in total. The topological polar surface area (TPSA) is 149 Å². The van der Waals surface area contributed by atoms with Gasteiger partial charge in [0.2, 0.25) is 5.91 Å². The molecule has 1 saturated heterocycles. The third-order valence-electron chi connectivity index (χ3n) is 7.93. The standard InChI is InChI=1S/C30H38F3N5O7/c1-19(2)17-45-28-16-23(6-10-27(28)38(42)43)35-21-11-13-36(14-12-21)29(39)18-44-24-7-3-20(4-8-24)34-22-5-9-26(37(40)41)25(15-22)30(31,32)33/h5-6,9-10,15-16,19-21,24,34-35H,3-4,7-8,11-14,17-18H2,1-2H3/t20-,24-. The molecule has 0 aromatic heterocycles. The Labute approximate surface area is 258 Å². The van der Waals surface area contributed by atoms with Crippen molar-refractivity contribution in [2.75, 3.05) is 36.9 Å². The van der Waals surface area contributed by atoms with Crippen LogP contribution in [0.2, 0.25) is 0 Å². The smallest absolute Gasteiger partial charge is 0.423 e. The van der Waals surface area contributed by atoms with Gasteiger partial charge in [-0.3, -0.25) is 25.0 Å². The number of nitro benzene ring substituents is 2. The summed E-state index contributed by atoms with van der Waals surface area (Å²) in [6.07, 6.45) is -1.14. The van der Waals surface area contributed by atoms with Crippen LogP contribution in [0.15, 0.2) is 36.4 Å². The van der Waals surface area contributed by atoms with Gasteiger partial charge in [-0.15, -0.1) is 0 Å². The number of ether oxygens (including phenoxy) is 2. The summed E-state index contributed by atoms with van der Waals surface area (Å²) in [4.78, 5) is 35.4. The highest BCUT2D eigenvalue weighted by Crippen LogP contribution is 2.38. The number of nitrogens with zero attached hydrogens (tertiary/aromatic N) is 3. The van der Waals surface area contributed by atoms with E-state index in [0.717, 1.165) is 12.1 Å². The maximum absolute atomic E-state index is 13.3. The van der Waals surface area contributed by atoms with Gasteiger partial charge in [-0.25, -0.2) is 0 Å². The van der Waals surface area contributed by atoms with Gasteiger partial charge in [0.15, 0.2) is 5.75 Å². The number of hydrogen-bond acceptors (Lipinski definition) is 9. The molecule has 2 aromatic carbocycles. The summed E-state index contributed by atoms with van der Waals surface area (Å²) in [6.45, 7) is 5.30. The van der Waals surface area contributed by atoms with E-state index in [1.165, 1.54) is 12.1 Å². The molecular weight excluding hydrogens is 599 g/mol. The molecule has 1 heterocycles. The van der Waals surface area contributed by atoms with Crippen LogP contribution >= 0.6 is 0 Å². The van der Waals surface area contributed by atoms with Crippen molar-refractivity contribution in [3.63, 3.8) is 0 Å². The largest absolute Gasteiger partial charge is 0.486 e. The quantitative estimate of drug-likeness (QED) is 0.199. The van der Waals surface area contributed by atoms with Gasteiger partial charge < -0.3 is 25.0 Å². The van der Waals surface area contributed by atoms with E-state index < -0.39 is 27.3 Å². The monoisotopic (exact) mass is 637 g/mol. The van der Waals surface area contributed by atoms with Gasteiger partial charge in [-0.05, 0) is 62.6 Å². The fourth-order valence-electron chi connectivity index (χ4n) is 5.54. The predicted molar refractivity (Wildman–Crippen MR) is 160 cm³/mol. The molecule has 1 amide bonds. The molecule has 1 saturated carbocycles. The molecule has 45 heavy (non-hydrogen) atoms. The number of hydrogen-bond donors (Lipinski definition) is 2. The first-order valence-corrected chi connectivity index (χ1v) is 15.0. The maximum atomic E-state index is 13.3. The summed E-state index contributed by atoms with van der Waals surface area (Å²) >= 11 is 0. The van der Waals surface area contributed by atoms with Crippen molar-refractivity contribution in [3.05, 3.63) is 62.2 Å². The number of halogens is 3. The number of carbonyl (C=O) groups is 1. The SMILES string of the molecule is CC(C)COc1cc(NC2CCN(C(=O)CO[C@H]3CC[C@H](Nc4ccc([N+](=O)[O-])c(C(F)(F)F)c4)CC3)CC2)ccc1[N+](=O)[O-]. The van der Waals surface area contributed by atoms with Gasteiger partial charge in [0.25, 0.3) is 5.69 Å². The fraction of sp³-hybridized carbons (Fsp3) is 0.567. The zero-order valence-corrected chi connectivity index (χ0v) is 25.2. The zero-order valence-electron chi connectivity index (χ0n) is 25.2. The average molecular weight is 638 g/mol. The second-order valence-electron chi connectivity index (χ2n) is 11.9. The summed E-state index contributed by atoms with van der Waals surface area (Å²) in [5.74, 6) is 0.321. The van der Waals surface area contributed by atoms with Gasteiger partial charge in [0.05, 0.1) is 22.6 Å². The fourth-order valence-corrected chi connectivity index (χ4v) is 5.54. The molecule has 0 spiro atoms. The summed E-state index contributed by atoms with van der Waals surface area (Å²) in [5.41, 5.74) is -1.48. The lowest BCUT2D eigenvalue weighted by molar-refractivity contribution is -0.388. The van der Waals surface area contributed by atoms with Gasteiger partial charge in [0.1, 0.15) is 12.2 Å². The van der Waals surface area contributed by atoms with E-state index in [0.29, 0.717) is 63.9 Å². The van der Waals surface area contributed by atoms with Crippen LogP contribution < -0.4 is 15.4 Å². The van der Waals surface area contributed by atoms with Crippen LogP contribution in [-0.2, 0) is 15.7 Å². The van der Waals surface area contributed by atoms with Gasteiger partial charge in [-0.1, -0.05) is 13.8 Å². The van der Waals surface area contributed by atoms with Crippen molar-refractivity contribution in [2.45, 2.75) is 76.7 Å². The third kappa shape index (κ3) is 9.42. The maximum Gasteiger partial charge on any atom is 0.423 e. The van der Waals surface area contributed by atoms with Crippen LogP contribution in [0.3, 0.4) is 0 Å². The zero-order chi connectivity index (χ0) is 32.7. The molecule has 2 aliphatic rings. The van der Waals surface area contributed by atoms with Crippen LogP contribution in [-0.4, -0.2) is 65.1 Å². The van der Waals surface area contributed by atoms with E-state index in [2.05, 4.69) is 10.6 Å². The number of piperidine rings is 1. The molecule has 0 unspecified atom stereocenters. The molecule has 246 valence electrons. The van der Waals surface area contributed by atoms with Crippen molar-refractivity contribution < 1.29 is 37.3 Å². The van der Waals surface area contributed by atoms with Crippen LogP contribution in [0.1, 0.15) is 57.9 Å². The first kappa shape index (κ1) is 33.7. The highest BCUT2D eigenvalue weighted by Gasteiger charge is 2.38. The average Bonchev–Trinajstić information content (AvgIpc) is 2.99. The summed E-state index contributed by atoms with van der Waals surface area (Å²) in [6, 6.07) is 7.59. The molecule has 2 aromatic rings. The summed E-state index contributed by atoms with van der Waals surface area (Å²) < 4.78 is 51.4.